The Morgan fingerprint density at radius 2 is 1.15 bits per heavy atom. The molecule has 0 atom stereocenters. The minimum absolute atomic E-state index is 0.546. The van der Waals surface area contributed by atoms with Crippen LogP contribution >= 0.6 is 0 Å². The van der Waals surface area contributed by atoms with Gasteiger partial charge in [0, 0.05) is 7.11 Å². The zero-order valence-corrected chi connectivity index (χ0v) is 12.1. The largest absolute Gasteiger partial charge is 0.491 e. The number of methoxy groups -OCH3 is 1. The Bertz CT molecular complexity index is 304. The molecule has 5 heteroatoms. The van der Waals surface area contributed by atoms with Crippen molar-refractivity contribution in [2.45, 2.75) is 0 Å². The fourth-order valence-corrected chi connectivity index (χ4v) is 1.42. The van der Waals surface area contributed by atoms with Crippen LogP contribution in [0.4, 0.5) is 0 Å². The lowest BCUT2D eigenvalue weighted by Gasteiger charge is -2.08. The third-order valence-electron chi connectivity index (χ3n) is 2.42. The molecule has 0 unspecified atom stereocenters. The molecule has 0 aliphatic carbocycles. The summed E-state index contributed by atoms with van der Waals surface area (Å²) in [4.78, 5) is 0. The molecule has 114 valence electrons. The highest BCUT2D eigenvalue weighted by Gasteiger charge is 1.93. The first kappa shape index (κ1) is 16.9. The molecule has 0 bridgehead atoms. The molecule has 0 N–H and O–H groups in total. The van der Waals surface area contributed by atoms with Crippen LogP contribution in [-0.2, 0) is 18.9 Å². The predicted molar refractivity (Wildman–Crippen MR) is 76.3 cm³/mol. The highest BCUT2D eigenvalue weighted by molar-refractivity contribution is 5.20. The van der Waals surface area contributed by atoms with E-state index in [2.05, 4.69) is 0 Å². The Hall–Kier alpha value is -1.14. The Balaban J connectivity index is 1.77. The van der Waals surface area contributed by atoms with Crippen molar-refractivity contribution < 1.29 is 23.7 Å². The van der Waals surface area contributed by atoms with Crippen LogP contribution in [0.3, 0.4) is 0 Å². The molecule has 1 rings (SSSR count). The molecule has 0 aliphatic rings. The van der Waals surface area contributed by atoms with Crippen molar-refractivity contribution in [1.82, 2.24) is 0 Å². The average molecular weight is 284 g/mol. The van der Waals surface area contributed by atoms with Crippen LogP contribution in [0.2, 0.25) is 0 Å². The third kappa shape index (κ3) is 9.75. The van der Waals surface area contributed by atoms with Crippen LogP contribution in [0.5, 0.6) is 5.75 Å². The van der Waals surface area contributed by atoms with E-state index in [4.69, 9.17) is 23.7 Å². The van der Waals surface area contributed by atoms with Crippen LogP contribution in [0, 0.1) is 0 Å². The normalized spacial score (nSPS) is 10.7. The maximum atomic E-state index is 5.49. The molecule has 0 saturated heterocycles. The average Bonchev–Trinajstić information content (AvgIpc) is 2.49. The molecular weight excluding hydrogens is 260 g/mol. The summed E-state index contributed by atoms with van der Waals surface area (Å²) in [5, 5.41) is 0. The van der Waals surface area contributed by atoms with E-state index in [9.17, 15) is 0 Å². The smallest absolute Gasteiger partial charge is 0.119 e. The standard InChI is InChI=1S/C15H24O5/c1-16-7-8-17-9-10-18-11-12-19-13-14-20-15-5-3-2-4-6-15/h2-6H,7-14H2,1H3. The van der Waals surface area contributed by atoms with Gasteiger partial charge in [-0.25, -0.2) is 0 Å². The monoisotopic (exact) mass is 284 g/mol. The first-order valence-corrected chi connectivity index (χ1v) is 6.83. The first-order chi connectivity index (χ1) is 9.93. The lowest BCUT2D eigenvalue weighted by molar-refractivity contribution is 0.000164. The van der Waals surface area contributed by atoms with Crippen molar-refractivity contribution in [3.63, 3.8) is 0 Å². The quantitative estimate of drug-likeness (QED) is 0.517. The molecule has 0 spiro atoms. The topological polar surface area (TPSA) is 46.2 Å². The molecule has 0 amide bonds. The summed E-state index contributed by atoms with van der Waals surface area (Å²) < 4.78 is 26.3. The second-order valence-electron chi connectivity index (χ2n) is 3.99. The van der Waals surface area contributed by atoms with Gasteiger partial charge in [0.15, 0.2) is 0 Å². The van der Waals surface area contributed by atoms with E-state index in [1.165, 1.54) is 0 Å². The lowest BCUT2D eigenvalue weighted by atomic mass is 10.3. The van der Waals surface area contributed by atoms with E-state index in [1.807, 2.05) is 30.3 Å². The van der Waals surface area contributed by atoms with Gasteiger partial charge in [-0.1, -0.05) is 18.2 Å². The Labute approximate surface area is 120 Å². The summed E-state index contributed by atoms with van der Waals surface area (Å²) in [7, 11) is 1.65. The fourth-order valence-electron chi connectivity index (χ4n) is 1.42. The van der Waals surface area contributed by atoms with Gasteiger partial charge in [0.1, 0.15) is 12.4 Å². The van der Waals surface area contributed by atoms with Crippen LogP contribution in [0.15, 0.2) is 30.3 Å². The van der Waals surface area contributed by atoms with Crippen LogP contribution in [-0.4, -0.2) is 60.0 Å². The summed E-state index contributed by atoms with van der Waals surface area (Å²) in [6, 6.07) is 9.69. The SMILES string of the molecule is COCCOCCOCCOCCOc1ccccc1. The highest BCUT2D eigenvalue weighted by atomic mass is 16.6. The van der Waals surface area contributed by atoms with Crippen molar-refractivity contribution >= 4 is 0 Å². The van der Waals surface area contributed by atoms with Crippen molar-refractivity contribution in [2.75, 3.05) is 60.0 Å². The Kier molecular flexibility index (Phi) is 10.9. The lowest BCUT2D eigenvalue weighted by Crippen LogP contribution is -2.13. The predicted octanol–water partition coefficient (Wildman–Crippen LogP) is 1.76. The number of para-hydroxylation sites is 1. The van der Waals surface area contributed by atoms with E-state index in [-0.39, 0.29) is 0 Å². The zero-order chi connectivity index (χ0) is 14.3. The zero-order valence-electron chi connectivity index (χ0n) is 12.1. The minimum Gasteiger partial charge on any atom is -0.491 e. The molecule has 0 aliphatic heterocycles. The Morgan fingerprint density at radius 1 is 0.650 bits per heavy atom. The fraction of sp³-hybridized carbons (Fsp3) is 0.600. The van der Waals surface area contributed by atoms with Gasteiger partial charge >= 0.3 is 0 Å². The van der Waals surface area contributed by atoms with E-state index in [1.54, 1.807) is 7.11 Å². The number of benzene rings is 1. The van der Waals surface area contributed by atoms with E-state index in [0.29, 0.717) is 52.9 Å². The molecule has 20 heavy (non-hydrogen) atoms. The van der Waals surface area contributed by atoms with Gasteiger partial charge in [0.05, 0.1) is 46.2 Å². The van der Waals surface area contributed by atoms with Gasteiger partial charge < -0.3 is 23.7 Å². The van der Waals surface area contributed by atoms with Gasteiger partial charge in [-0.2, -0.15) is 0 Å². The molecular formula is C15H24O5. The highest BCUT2D eigenvalue weighted by Crippen LogP contribution is 2.07. The van der Waals surface area contributed by atoms with E-state index < -0.39 is 0 Å². The molecule has 1 aromatic rings. The third-order valence-corrected chi connectivity index (χ3v) is 2.42. The molecule has 0 saturated carbocycles. The van der Waals surface area contributed by atoms with Crippen LogP contribution in [0.1, 0.15) is 0 Å². The summed E-state index contributed by atoms with van der Waals surface area (Å²) >= 11 is 0. The van der Waals surface area contributed by atoms with Gasteiger partial charge in [0.2, 0.25) is 0 Å². The number of ether oxygens (including phenoxy) is 5. The van der Waals surface area contributed by atoms with Crippen LogP contribution < -0.4 is 4.74 Å². The summed E-state index contributed by atoms with van der Waals surface area (Å²) in [6.45, 7) is 4.62. The molecule has 0 aromatic heterocycles. The first-order valence-electron chi connectivity index (χ1n) is 6.83. The van der Waals surface area contributed by atoms with Gasteiger partial charge in [0.25, 0.3) is 0 Å². The van der Waals surface area contributed by atoms with Crippen LogP contribution in [0.25, 0.3) is 0 Å². The van der Waals surface area contributed by atoms with Crippen molar-refractivity contribution in [3.05, 3.63) is 30.3 Å². The van der Waals surface area contributed by atoms with E-state index >= 15 is 0 Å². The molecule has 0 fully saturated rings. The van der Waals surface area contributed by atoms with Gasteiger partial charge in [-0.05, 0) is 12.1 Å². The number of hydrogen-bond acceptors (Lipinski definition) is 5. The van der Waals surface area contributed by atoms with Gasteiger partial charge in [-0.3, -0.25) is 0 Å². The summed E-state index contributed by atoms with van der Waals surface area (Å²) in [5.41, 5.74) is 0. The molecule has 1 aromatic carbocycles. The summed E-state index contributed by atoms with van der Waals surface area (Å²) in [5.74, 6) is 0.862. The van der Waals surface area contributed by atoms with E-state index in [0.717, 1.165) is 5.75 Å². The maximum Gasteiger partial charge on any atom is 0.119 e. The van der Waals surface area contributed by atoms with Crippen molar-refractivity contribution in [3.8, 4) is 5.75 Å². The summed E-state index contributed by atoms with van der Waals surface area (Å²) in [6.07, 6.45) is 0. The number of hydrogen-bond donors (Lipinski definition) is 0. The second-order valence-corrected chi connectivity index (χ2v) is 3.99. The number of rotatable bonds is 13. The molecule has 5 nitrogen and oxygen atoms in total. The molecule has 0 radical (unpaired) electrons. The van der Waals surface area contributed by atoms with Gasteiger partial charge in [-0.15, -0.1) is 0 Å². The second kappa shape index (κ2) is 12.9. The molecule has 0 heterocycles. The van der Waals surface area contributed by atoms with Crippen molar-refractivity contribution in [2.24, 2.45) is 0 Å². The minimum atomic E-state index is 0.546. The van der Waals surface area contributed by atoms with Crippen molar-refractivity contribution in [1.29, 1.82) is 0 Å². The Morgan fingerprint density at radius 3 is 1.70 bits per heavy atom. The maximum absolute atomic E-state index is 5.49.